The number of hydrogen-bond donors (Lipinski definition) is 2. The molecule has 0 saturated carbocycles. The average Bonchev–Trinajstić information content (AvgIpc) is 2.83. The highest BCUT2D eigenvalue weighted by Crippen LogP contribution is 2.22. The van der Waals surface area contributed by atoms with Crippen molar-refractivity contribution in [1.29, 1.82) is 0 Å². The summed E-state index contributed by atoms with van der Waals surface area (Å²) in [4.78, 5) is 0.314. The molecule has 2 rings (SSSR count). The maximum absolute atomic E-state index is 12.5. The zero-order chi connectivity index (χ0) is 15.5. The maximum atomic E-state index is 12.5. The topological polar surface area (TPSA) is 67.4 Å². The van der Waals surface area contributed by atoms with Gasteiger partial charge in [-0.2, -0.15) is 0 Å². The lowest BCUT2D eigenvalue weighted by Gasteiger charge is -2.23. The van der Waals surface area contributed by atoms with Gasteiger partial charge < -0.3 is 10.1 Å². The second-order valence-electron chi connectivity index (χ2n) is 5.84. The Bertz CT molecular complexity index is 593. The van der Waals surface area contributed by atoms with Crippen molar-refractivity contribution in [2.24, 2.45) is 0 Å². The highest BCUT2D eigenvalue weighted by Gasteiger charge is 2.34. The molecule has 0 spiro atoms. The molecule has 0 aliphatic carbocycles. The summed E-state index contributed by atoms with van der Waals surface area (Å²) in [5.74, 6) is 0. The van der Waals surface area contributed by atoms with E-state index in [1.165, 1.54) is 0 Å². The van der Waals surface area contributed by atoms with Crippen molar-refractivity contribution in [2.45, 2.75) is 44.2 Å². The molecule has 1 unspecified atom stereocenters. The SMILES string of the molecule is CCNCc1cc(S(=O)(=O)NC2(C)CCOC2)ccc1C. The minimum absolute atomic E-state index is 0.314. The van der Waals surface area contributed by atoms with Gasteiger partial charge in [0.15, 0.2) is 0 Å². The van der Waals surface area contributed by atoms with Gasteiger partial charge in [-0.05, 0) is 50.1 Å². The third kappa shape index (κ3) is 4.03. The molecule has 1 heterocycles. The summed E-state index contributed by atoms with van der Waals surface area (Å²) >= 11 is 0. The first-order valence-electron chi connectivity index (χ1n) is 7.28. The molecule has 1 aliphatic heterocycles. The summed E-state index contributed by atoms with van der Waals surface area (Å²) < 4.78 is 33.2. The van der Waals surface area contributed by atoms with Gasteiger partial charge in [0.25, 0.3) is 0 Å². The summed E-state index contributed by atoms with van der Waals surface area (Å²) in [5.41, 5.74) is 1.59. The van der Waals surface area contributed by atoms with Crippen LogP contribution in [0.15, 0.2) is 23.1 Å². The number of rotatable bonds is 6. The number of benzene rings is 1. The van der Waals surface area contributed by atoms with Crippen LogP contribution < -0.4 is 10.0 Å². The van der Waals surface area contributed by atoms with Crippen molar-refractivity contribution in [3.8, 4) is 0 Å². The van der Waals surface area contributed by atoms with Gasteiger partial charge in [-0.25, -0.2) is 13.1 Å². The highest BCUT2D eigenvalue weighted by molar-refractivity contribution is 7.89. The second-order valence-corrected chi connectivity index (χ2v) is 7.52. The molecule has 2 N–H and O–H groups in total. The van der Waals surface area contributed by atoms with E-state index in [4.69, 9.17) is 4.74 Å². The molecule has 1 aromatic carbocycles. The van der Waals surface area contributed by atoms with Gasteiger partial charge in [0.1, 0.15) is 0 Å². The smallest absolute Gasteiger partial charge is 0.241 e. The molecule has 0 radical (unpaired) electrons. The summed E-state index contributed by atoms with van der Waals surface area (Å²) in [7, 11) is -3.52. The predicted octanol–water partition coefficient (Wildman–Crippen LogP) is 1.56. The lowest BCUT2D eigenvalue weighted by molar-refractivity contribution is 0.178. The van der Waals surface area contributed by atoms with E-state index in [1.807, 2.05) is 26.8 Å². The van der Waals surface area contributed by atoms with Gasteiger partial charge >= 0.3 is 0 Å². The Morgan fingerprint density at radius 2 is 2.14 bits per heavy atom. The second kappa shape index (κ2) is 6.44. The Morgan fingerprint density at radius 3 is 2.76 bits per heavy atom. The molecule has 1 aromatic rings. The average molecular weight is 312 g/mol. The van der Waals surface area contributed by atoms with E-state index in [1.54, 1.807) is 12.1 Å². The van der Waals surface area contributed by atoms with E-state index in [2.05, 4.69) is 10.0 Å². The standard InChI is InChI=1S/C15H24N2O3S/c1-4-16-10-13-9-14(6-5-12(13)2)21(18,19)17-15(3)7-8-20-11-15/h5-6,9,16-17H,4,7-8,10-11H2,1-3H3. The van der Waals surface area contributed by atoms with Crippen LogP contribution in [0.3, 0.4) is 0 Å². The van der Waals surface area contributed by atoms with Crippen molar-refractivity contribution >= 4 is 10.0 Å². The molecule has 1 atom stereocenters. The van der Waals surface area contributed by atoms with E-state index in [0.717, 1.165) is 17.7 Å². The fourth-order valence-electron chi connectivity index (χ4n) is 2.40. The molecular formula is C15H24N2O3S. The van der Waals surface area contributed by atoms with Gasteiger partial charge in [-0.3, -0.25) is 0 Å². The molecule has 0 amide bonds. The van der Waals surface area contributed by atoms with E-state index >= 15 is 0 Å². The van der Waals surface area contributed by atoms with Crippen LogP contribution in [0.5, 0.6) is 0 Å². The lowest BCUT2D eigenvalue weighted by Crippen LogP contribution is -2.46. The first-order valence-corrected chi connectivity index (χ1v) is 8.77. The van der Waals surface area contributed by atoms with Crippen molar-refractivity contribution in [3.05, 3.63) is 29.3 Å². The van der Waals surface area contributed by atoms with Gasteiger partial charge in [0.2, 0.25) is 10.0 Å². The molecule has 0 aromatic heterocycles. The molecule has 1 saturated heterocycles. The van der Waals surface area contributed by atoms with Gasteiger partial charge in [-0.15, -0.1) is 0 Å². The number of aryl methyl sites for hydroxylation is 1. The van der Waals surface area contributed by atoms with Crippen molar-refractivity contribution in [3.63, 3.8) is 0 Å². The first kappa shape index (κ1) is 16.4. The summed E-state index contributed by atoms with van der Waals surface area (Å²) in [6.07, 6.45) is 0.697. The van der Waals surface area contributed by atoms with E-state index in [0.29, 0.717) is 31.1 Å². The van der Waals surface area contributed by atoms with E-state index in [9.17, 15) is 8.42 Å². The lowest BCUT2D eigenvalue weighted by atomic mass is 10.0. The fraction of sp³-hybridized carbons (Fsp3) is 0.600. The Hall–Kier alpha value is -0.950. The molecular weight excluding hydrogens is 288 g/mol. The summed E-state index contributed by atoms with van der Waals surface area (Å²) in [5, 5.41) is 3.23. The maximum Gasteiger partial charge on any atom is 0.241 e. The minimum atomic E-state index is -3.52. The molecule has 1 aliphatic rings. The third-order valence-corrected chi connectivity index (χ3v) is 5.43. The molecule has 21 heavy (non-hydrogen) atoms. The monoisotopic (exact) mass is 312 g/mol. The molecule has 1 fully saturated rings. The summed E-state index contributed by atoms with van der Waals surface area (Å²) in [6.45, 7) is 8.43. The van der Waals surface area contributed by atoms with Gasteiger partial charge in [0.05, 0.1) is 17.0 Å². The Balaban J connectivity index is 2.23. The summed E-state index contributed by atoms with van der Waals surface area (Å²) in [6, 6.07) is 5.26. The Kier molecular flexibility index (Phi) is 5.03. The van der Waals surface area contributed by atoms with Crippen molar-refractivity contribution in [1.82, 2.24) is 10.0 Å². The predicted molar refractivity (Wildman–Crippen MR) is 82.7 cm³/mol. The van der Waals surface area contributed by atoms with Crippen LogP contribution in [-0.2, 0) is 21.3 Å². The van der Waals surface area contributed by atoms with E-state index < -0.39 is 15.6 Å². The van der Waals surface area contributed by atoms with Crippen LogP contribution in [0.25, 0.3) is 0 Å². The zero-order valence-electron chi connectivity index (χ0n) is 12.9. The van der Waals surface area contributed by atoms with Crippen LogP contribution in [0, 0.1) is 6.92 Å². The van der Waals surface area contributed by atoms with E-state index in [-0.39, 0.29) is 0 Å². The van der Waals surface area contributed by atoms with Crippen LogP contribution in [-0.4, -0.2) is 33.7 Å². The number of ether oxygens (including phenoxy) is 1. The fourth-order valence-corrected chi connectivity index (χ4v) is 3.87. The Morgan fingerprint density at radius 1 is 1.38 bits per heavy atom. The molecule has 5 nitrogen and oxygen atoms in total. The molecule has 118 valence electrons. The first-order chi connectivity index (χ1) is 9.86. The quantitative estimate of drug-likeness (QED) is 0.836. The van der Waals surface area contributed by atoms with Crippen LogP contribution in [0.1, 0.15) is 31.4 Å². The Labute approximate surface area is 127 Å². The zero-order valence-corrected chi connectivity index (χ0v) is 13.7. The number of nitrogens with one attached hydrogen (secondary N) is 2. The van der Waals surface area contributed by atoms with Crippen molar-refractivity contribution in [2.75, 3.05) is 19.8 Å². The van der Waals surface area contributed by atoms with Crippen LogP contribution in [0.2, 0.25) is 0 Å². The molecule has 6 heteroatoms. The van der Waals surface area contributed by atoms with Crippen LogP contribution in [0.4, 0.5) is 0 Å². The van der Waals surface area contributed by atoms with Gasteiger partial charge in [0, 0.05) is 13.2 Å². The molecule has 0 bridgehead atoms. The highest BCUT2D eigenvalue weighted by atomic mass is 32.2. The minimum Gasteiger partial charge on any atom is -0.379 e. The van der Waals surface area contributed by atoms with Crippen molar-refractivity contribution < 1.29 is 13.2 Å². The van der Waals surface area contributed by atoms with Crippen LogP contribution >= 0.6 is 0 Å². The van der Waals surface area contributed by atoms with Gasteiger partial charge in [-0.1, -0.05) is 13.0 Å². The largest absolute Gasteiger partial charge is 0.379 e. The number of sulfonamides is 1. The normalized spacial score (nSPS) is 22.6. The number of hydrogen-bond acceptors (Lipinski definition) is 4. The third-order valence-electron chi connectivity index (χ3n) is 3.80.